The van der Waals surface area contributed by atoms with Gasteiger partial charge in [-0.15, -0.1) is 48.8 Å². The van der Waals surface area contributed by atoms with Crippen molar-refractivity contribution in [1.82, 2.24) is 0 Å². The number of phenols is 4. The molecule has 0 amide bonds. The second-order valence-corrected chi connectivity index (χ2v) is 20.2. The van der Waals surface area contributed by atoms with Gasteiger partial charge in [-0.05, 0) is 84.2 Å². The quantitative estimate of drug-likeness (QED) is 0.00407. The number of non-ortho nitro benzene ring substituents is 1. The third kappa shape index (κ3) is 14.8. The van der Waals surface area contributed by atoms with E-state index in [1.807, 2.05) is 0 Å². The van der Waals surface area contributed by atoms with E-state index >= 15 is 0 Å². The molecule has 7 rings (SSSR count). The third-order valence-electron chi connectivity index (χ3n) is 10.0. The standard InChI is InChI=1S/C40H28N10O23S5.Fe/c51-33-10-9-29(39(53)36(33)47-46-31-15-21(49(55)56)16-32(38(31)52)50(57)58)44-45-30-18-24(78(64,65)66)13-19-14-34(75-72-69-60)37(40(54)35(19)30)48-43-28-8-7-27(25-6-3-22(17-26(25)28)74-71-68-59)42-41-20-1-4-23(5-2-20)77(62,63)12-11-67-76-73-70-61;/h1-10,13-18,51-54,59-61H,11-12H2,(H,64,65,66);. The smallest absolute Gasteiger partial charge is 0.319 e. The van der Waals surface area contributed by atoms with Crippen LogP contribution in [0.3, 0.4) is 0 Å². The molecule has 0 aromatic heterocycles. The fourth-order valence-corrected chi connectivity index (χ4v) is 9.42. The summed E-state index contributed by atoms with van der Waals surface area (Å²) in [7, 11) is -8.89. The van der Waals surface area contributed by atoms with Crippen molar-refractivity contribution in [3.63, 3.8) is 0 Å². The molecule has 0 aliphatic rings. The van der Waals surface area contributed by atoms with Crippen LogP contribution in [-0.2, 0) is 69.3 Å². The Morgan fingerprint density at radius 1 is 0.557 bits per heavy atom. The van der Waals surface area contributed by atoms with Gasteiger partial charge >= 0.3 is 5.69 Å². The molecule has 79 heavy (non-hydrogen) atoms. The Bertz CT molecular complexity index is 3830. The summed E-state index contributed by atoms with van der Waals surface area (Å²) in [6.45, 7) is -0.313. The van der Waals surface area contributed by atoms with Crippen LogP contribution in [0.15, 0.2) is 158 Å². The largest absolute Gasteiger partial charge is 0.505 e. The van der Waals surface area contributed by atoms with Crippen molar-refractivity contribution in [2.45, 2.75) is 19.6 Å². The number of phenolic OH excluding ortho intramolecular Hbond substituents is 4. The van der Waals surface area contributed by atoms with Crippen LogP contribution in [0.25, 0.3) is 21.5 Å². The second-order valence-electron chi connectivity index (χ2n) is 14.6. The third-order valence-corrected chi connectivity index (χ3v) is 14.1. The van der Waals surface area contributed by atoms with Crippen LogP contribution in [0.5, 0.6) is 23.0 Å². The maximum absolute atomic E-state index is 12.7. The predicted octanol–water partition coefficient (Wildman–Crippen LogP) is 12.2. The summed E-state index contributed by atoms with van der Waals surface area (Å²) in [4.78, 5) is 19.9. The first kappa shape index (κ1) is 60.7. The zero-order chi connectivity index (χ0) is 56.3. The molecule has 7 aromatic carbocycles. The number of benzene rings is 7. The Morgan fingerprint density at radius 2 is 1.18 bits per heavy atom. The van der Waals surface area contributed by atoms with Crippen molar-refractivity contribution in [2.24, 2.45) is 40.9 Å². The zero-order valence-electron chi connectivity index (χ0n) is 38.2. The van der Waals surface area contributed by atoms with Gasteiger partial charge in [-0.2, -0.15) is 13.5 Å². The van der Waals surface area contributed by atoms with Crippen LogP contribution in [-0.4, -0.2) is 79.8 Å². The van der Waals surface area contributed by atoms with Crippen molar-refractivity contribution < 1.29 is 117 Å². The molecule has 0 saturated carbocycles. The van der Waals surface area contributed by atoms with Crippen molar-refractivity contribution in [3.8, 4) is 23.0 Å². The molecular formula is C40H28FeN10O23S5. The minimum atomic E-state index is -5.07. The van der Waals surface area contributed by atoms with Crippen LogP contribution in [0, 0.1) is 20.2 Å². The summed E-state index contributed by atoms with van der Waals surface area (Å²) in [6, 6.07) is 18.5. The van der Waals surface area contributed by atoms with E-state index in [2.05, 4.69) is 69.0 Å². The number of rotatable bonds is 24. The van der Waals surface area contributed by atoms with Crippen LogP contribution >= 0.6 is 36.4 Å². The van der Waals surface area contributed by atoms with E-state index in [1.165, 1.54) is 48.5 Å². The molecule has 0 aliphatic heterocycles. The Kier molecular flexibility index (Phi) is 20.7. The Balaban J connectivity index is 0.0000101. The van der Waals surface area contributed by atoms with Gasteiger partial charge in [0.1, 0.15) is 22.8 Å². The van der Waals surface area contributed by atoms with Gasteiger partial charge in [0.25, 0.3) is 15.8 Å². The van der Waals surface area contributed by atoms with E-state index in [-0.39, 0.29) is 91.1 Å². The number of hydrogen-bond donors (Lipinski definition) is 8. The Labute approximate surface area is 462 Å². The van der Waals surface area contributed by atoms with Gasteiger partial charge in [0.05, 0.1) is 95.2 Å². The minimum absolute atomic E-state index is 0. The Morgan fingerprint density at radius 3 is 1.85 bits per heavy atom. The molecule has 0 unspecified atom stereocenters. The maximum Gasteiger partial charge on any atom is 0.319 e. The molecule has 0 aliphatic carbocycles. The number of nitro benzene ring substituents is 2. The molecule has 0 radical (unpaired) electrons. The first-order valence-corrected chi connectivity index (χ1v) is 25.6. The second kappa shape index (κ2) is 26.9. The molecule has 39 heteroatoms. The number of azo groups is 4. The molecule has 33 nitrogen and oxygen atoms in total. The van der Waals surface area contributed by atoms with E-state index in [0.29, 0.717) is 34.5 Å². The summed E-state index contributed by atoms with van der Waals surface area (Å²) in [5.74, 6) is -4.27. The summed E-state index contributed by atoms with van der Waals surface area (Å²) in [6.07, 6.45) is 0. The molecule has 0 atom stereocenters. The van der Waals surface area contributed by atoms with Crippen LogP contribution in [0.1, 0.15) is 0 Å². The van der Waals surface area contributed by atoms with Crippen molar-refractivity contribution in [2.75, 3.05) is 12.4 Å². The number of fused-ring (bicyclic) bond motifs is 2. The molecule has 0 heterocycles. The van der Waals surface area contributed by atoms with E-state index in [4.69, 9.17) is 20.0 Å². The molecule has 0 spiro atoms. The average Bonchev–Trinajstić information content (AvgIpc) is 3.51. The van der Waals surface area contributed by atoms with Crippen molar-refractivity contribution in [3.05, 3.63) is 117 Å². The van der Waals surface area contributed by atoms with Gasteiger partial charge in [-0.25, -0.2) is 24.2 Å². The molecule has 414 valence electrons. The summed E-state index contributed by atoms with van der Waals surface area (Å²) >= 11 is 1.02. The maximum atomic E-state index is 12.7. The number of nitrogens with zero attached hydrogens (tertiary/aromatic N) is 10. The van der Waals surface area contributed by atoms with Gasteiger partial charge in [0, 0.05) is 38.8 Å². The topological polar surface area (TPSA) is 480 Å². The van der Waals surface area contributed by atoms with Gasteiger partial charge in [-0.3, -0.25) is 29.0 Å². The fourth-order valence-electron chi connectivity index (χ4n) is 6.58. The first-order chi connectivity index (χ1) is 37.2. The molecule has 7 aromatic rings. The van der Waals surface area contributed by atoms with Crippen LogP contribution < -0.4 is 0 Å². The van der Waals surface area contributed by atoms with E-state index in [0.717, 1.165) is 30.3 Å². The monoisotopic (exact) mass is 1230 g/mol. The number of aromatic hydroxyl groups is 4. The molecule has 0 saturated heterocycles. The predicted molar refractivity (Wildman–Crippen MR) is 265 cm³/mol. The summed E-state index contributed by atoms with van der Waals surface area (Å²) < 4.78 is 78.6. The van der Waals surface area contributed by atoms with Crippen molar-refractivity contribution >= 4 is 135 Å². The normalized spacial score (nSPS) is 12.2. The first-order valence-electron chi connectivity index (χ1n) is 20.4. The summed E-state index contributed by atoms with van der Waals surface area (Å²) in [5.41, 5.74) is -4.72. The molecule has 8 N–H and O–H groups in total. The SMILES string of the molecule is O=[N+]([O-])c1cc(N=Nc2c(O)ccc(N=Nc3cc(S(=O)(=O)O)cc4cc(SOOO)c(N=Nc5ccc(N=Nc6ccc(S(=O)(=O)CCOSOOO)cc6)c6ccc(SOOO)cc56)c(O)c34)c2O)c(O)c([N+](=O)[O-])c1.[Fe]. The summed E-state index contributed by atoms with van der Waals surface area (Å²) in [5, 5.41) is 136. The number of sulfone groups is 1. The average molecular weight is 1230 g/mol. The van der Waals surface area contributed by atoms with E-state index in [9.17, 15) is 62.0 Å². The van der Waals surface area contributed by atoms with Gasteiger partial charge in [-0.1, -0.05) is 21.2 Å². The number of hydrogen-bond acceptors (Lipinski definition) is 33. The molecule has 0 fully saturated rings. The van der Waals surface area contributed by atoms with Gasteiger partial charge in [0.15, 0.2) is 39.3 Å². The van der Waals surface area contributed by atoms with E-state index < -0.39 is 103 Å². The molecular weight excluding hydrogens is 1200 g/mol. The van der Waals surface area contributed by atoms with Gasteiger partial charge in [0.2, 0.25) is 5.75 Å². The molecule has 0 bridgehead atoms. The van der Waals surface area contributed by atoms with Gasteiger partial charge < -0.3 is 20.4 Å². The fraction of sp³-hybridized carbons (Fsp3) is 0.0500. The van der Waals surface area contributed by atoms with Crippen molar-refractivity contribution in [1.29, 1.82) is 0 Å². The zero-order valence-corrected chi connectivity index (χ0v) is 43.4. The Hall–Kier alpha value is -7.51. The minimum Gasteiger partial charge on any atom is -0.505 e. The number of nitro groups is 2. The van der Waals surface area contributed by atoms with Crippen LogP contribution in [0.4, 0.5) is 56.9 Å². The van der Waals surface area contributed by atoms with E-state index in [1.54, 1.807) is 6.07 Å². The van der Waals surface area contributed by atoms with Crippen LogP contribution in [0.2, 0.25) is 0 Å².